The number of allylic oxidation sites excluding steroid dienone is 1. The predicted molar refractivity (Wildman–Crippen MR) is 239 cm³/mol. The molecule has 0 spiro atoms. The summed E-state index contributed by atoms with van der Waals surface area (Å²) in [5.74, 6) is 0. The van der Waals surface area contributed by atoms with E-state index in [9.17, 15) is 0 Å². The van der Waals surface area contributed by atoms with Crippen molar-refractivity contribution in [3.05, 3.63) is 185 Å². The van der Waals surface area contributed by atoms with Gasteiger partial charge in [-0.05, 0) is 91.7 Å². The van der Waals surface area contributed by atoms with Crippen molar-refractivity contribution in [3.8, 4) is 11.1 Å². The van der Waals surface area contributed by atoms with Crippen molar-refractivity contribution in [1.82, 2.24) is 0 Å². The molecule has 54 heavy (non-hydrogen) atoms. The Morgan fingerprint density at radius 3 is 2.07 bits per heavy atom. The molecule has 1 nitrogen and oxygen atoms in total. The lowest BCUT2D eigenvalue weighted by Gasteiger charge is -2.20. The number of rotatable bonds is 7. The normalized spacial score (nSPS) is 12.2. The fraction of sp³-hybridized carbons (Fsp3) is 0.0784. The zero-order chi connectivity index (χ0) is 36.3. The average molecular weight is 728 g/mol. The molecule has 2 aromatic heterocycles. The summed E-state index contributed by atoms with van der Waals surface area (Å²) in [5.41, 5.74) is 9.25. The Morgan fingerprint density at radius 1 is 0.593 bits per heavy atom. The van der Waals surface area contributed by atoms with E-state index < -0.39 is 0 Å². The zero-order valence-electron chi connectivity index (χ0n) is 30.3. The Labute approximate surface area is 323 Å². The van der Waals surface area contributed by atoms with Gasteiger partial charge in [-0.2, -0.15) is 0 Å². The number of hydrogen-bond donors (Lipinski definition) is 0. The lowest BCUT2D eigenvalue weighted by molar-refractivity contribution is 1.18. The molecule has 0 saturated carbocycles. The second kappa shape index (κ2) is 13.2. The molecule has 8 aromatic carbocycles. The number of fused-ring (bicyclic) bond motifs is 9. The molecular formula is C51H37NS2. The highest BCUT2D eigenvalue weighted by molar-refractivity contribution is 7.26. The first-order valence-corrected chi connectivity index (χ1v) is 20.3. The largest absolute Gasteiger partial charge is 0.246 e. The van der Waals surface area contributed by atoms with Gasteiger partial charge in [0, 0.05) is 47.1 Å². The van der Waals surface area contributed by atoms with Crippen LogP contribution in [-0.4, -0.2) is 5.71 Å². The molecule has 0 atom stereocenters. The highest BCUT2D eigenvalue weighted by Gasteiger charge is 2.24. The monoisotopic (exact) mass is 727 g/mol. The topological polar surface area (TPSA) is 12.4 Å². The molecule has 0 saturated heterocycles. The van der Waals surface area contributed by atoms with Gasteiger partial charge in [0.1, 0.15) is 0 Å². The molecule has 0 radical (unpaired) electrons. The molecule has 0 unspecified atom stereocenters. The van der Waals surface area contributed by atoms with Gasteiger partial charge in [0.2, 0.25) is 0 Å². The van der Waals surface area contributed by atoms with E-state index in [1.807, 2.05) is 22.7 Å². The molecule has 0 aliphatic carbocycles. The summed E-state index contributed by atoms with van der Waals surface area (Å²) in [5, 5.41) is 11.4. The molecule has 10 rings (SSSR count). The van der Waals surface area contributed by atoms with E-state index in [0.29, 0.717) is 6.42 Å². The lowest BCUT2D eigenvalue weighted by Crippen LogP contribution is -2.08. The van der Waals surface area contributed by atoms with E-state index in [1.54, 1.807) is 0 Å². The molecule has 3 heteroatoms. The van der Waals surface area contributed by atoms with Crippen LogP contribution in [0.4, 0.5) is 5.69 Å². The molecule has 0 fully saturated rings. The van der Waals surface area contributed by atoms with Gasteiger partial charge >= 0.3 is 0 Å². The van der Waals surface area contributed by atoms with Gasteiger partial charge in [0.15, 0.2) is 0 Å². The number of aryl methyl sites for hydroxylation is 2. The van der Waals surface area contributed by atoms with Gasteiger partial charge in [0.25, 0.3) is 0 Å². The minimum absolute atomic E-state index is 0.658. The number of thiophene rings is 2. The van der Waals surface area contributed by atoms with Crippen LogP contribution in [-0.2, 0) is 12.8 Å². The first-order valence-electron chi connectivity index (χ1n) is 18.7. The number of benzene rings is 8. The van der Waals surface area contributed by atoms with E-state index in [-0.39, 0.29) is 0 Å². The molecule has 0 aliphatic heterocycles. The molecule has 0 amide bonds. The third-order valence-corrected chi connectivity index (χ3v) is 13.5. The van der Waals surface area contributed by atoms with Crippen LogP contribution in [0.25, 0.3) is 73.7 Å². The summed E-state index contributed by atoms with van der Waals surface area (Å²) in [6.07, 6.45) is 1.58. The van der Waals surface area contributed by atoms with E-state index in [1.165, 1.54) is 89.7 Å². The van der Waals surface area contributed by atoms with Gasteiger partial charge in [-0.25, -0.2) is 4.99 Å². The van der Waals surface area contributed by atoms with E-state index in [0.717, 1.165) is 29.0 Å². The number of nitrogens with zero attached hydrogens (tertiary/aromatic N) is 1. The maximum atomic E-state index is 5.67. The van der Waals surface area contributed by atoms with Crippen molar-refractivity contribution in [2.45, 2.75) is 26.7 Å². The second-order valence-corrected chi connectivity index (χ2v) is 16.4. The standard InChI is InChI=1S/C51H37NS2/c1-4-43-50(41-23-13-14-24-44(41)53-43)52-49(36-26-25-33-16-6-7-18-35(33)30-36)32(3)29-42-46(37-19-9-5-15-31(37)2)39-21-11-12-22-40(39)48-47-38-20-10-8-17-34(38)27-28-45(47)54-51(42)48/h5-28,30H,3-4,29H2,1-2H3. The van der Waals surface area contributed by atoms with Crippen molar-refractivity contribution < 1.29 is 0 Å². The van der Waals surface area contributed by atoms with E-state index in [2.05, 4.69) is 166 Å². The Bertz CT molecular complexity index is 3150. The van der Waals surface area contributed by atoms with Crippen molar-refractivity contribution in [3.63, 3.8) is 0 Å². The van der Waals surface area contributed by atoms with Gasteiger partial charge in [0.05, 0.1) is 11.4 Å². The third kappa shape index (κ3) is 5.30. The van der Waals surface area contributed by atoms with Gasteiger partial charge in [-0.3, -0.25) is 0 Å². The van der Waals surface area contributed by atoms with Crippen LogP contribution in [0.3, 0.4) is 0 Å². The van der Waals surface area contributed by atoms with Gasteiger partial charge < -0.3 is 0 Å². The highest BCUT2D eigenvalue weighted by Crippen LogP contribution is 2.49. The van der Waals surface area contributed by atoms with Crippen molar-refractivity contribution >= 4 is 96.6 Å². The summed E-state index contributed by atoms with van der Waals surface area (Å²) in [7, 11) is 0. The molecular weight excluding hydrogens is 691 g/mol. The Morgan fingerprint density at radius 2 is 1.26 bits per heavy atom. The minimum atomic E-state index is 0.658. The van der Waals surface area contributed by atoms with Gasteiger partial charge in [-0.1, -0.05) is 147 Å². The summed E-state index contributed by atoms with van der Waals surface area (Å²) in [4.78, 5) is 6.97. The van der Waals surface area contributed by atoms with Crippen molar-refractivity contribution in [2.24, 2.45) is 4.99 Å². The number of aliphatic imine (C=N–C) groups is 1. The zero-order valence-corrected chi connectivity index (χ0v) is 32.0. The maximum Gasteiger partial charge on any atom is 0.0854 e. The lowest BCUT2D eigenvalue weighted by atomic mass is 9.85. The van der Waals surface area contributed by atoms with E-state index >= 15 is 0 Å². The smallest absolute Gasteiger partial charge is 0.0854 e. The van der Waals surface area contributed by atoms with Crippen LogP contribution in [0, 0.1) is 6.92 Å². The summed E-state index contributed by atoms with van der Waals surface area (Å²) in [6, 6.07) is 55.3. The first-order chi connectivity index (χ1) is 26.6. The molecule has 0 N–H and O–H groups in total. The van der Waals surface area contributed by atoms with Gasteiger partial charge in [-0.15, -0.1) is 22.7 Å². The number of hydrogen-bond acceptors (Lipinski definition) is 3. The summed E-state index contributed by atoms with van der Waals surface area (Å²) >= 11 is 3.77. The van der Waals surface area contributed by atoms with Crippen LogP contribution >= 0.6 is 22.7 Å². The Hall–Kier alpha value is -5.87. The molecule has 2 heterocycles. The summed E-state index contributed by atoms with van der Waals surface area (Å²) in [6.45, 7) is 9.42. The molecule has 0 bridgehead atoms. The second-order valence-electron chi connectivity index (χ2n) is 14.2. The molecule has 10 aromatic rings. The fourth-order valence-corrected chi connectivity index (χ4v) is 10.8. The summed E-state index contributed by atoms with van der Waals surface area (Å²) < 4.78 is 3.91. The Kier molecular flexibility index (Phi) is 8.01. The minimum Gasteiger partial charge on any atom is -0.246 e. The van der Waals surface area contributed by atoms with Crippen LogP contribution in [0.5, 0.6) is 0 Å². The van der Waals surface area contributed by atoms with Crippen molar-refractivity contribution in [2.75, 3.05) is 0 Å². The highest BCUT2D eigenvalue weighted by atomic mass is 32.1. The predicted octanol–water partition coefficient (Wildman–Crippen LogP) is 15.2. The quantitative estimate of drug-likeness (QED) is 0.145. The first kappa shape index (κ1) is 32.8. The average Bonchev–Trinajstić information content (AvgIpc) is 3.79. The molecule has 258 valence electrons. The van der Waals surface area contributed by atoms with Crippen LogP contribution in [0.15, 0.2) is 169 Å². The maximum absolute atomic E-state index is 5.67. The van der Waals surface area contributed by atoms with Crippen LogP contribution in [0.2, 0.25) is 0 Å². The molecule has 0 aliphatic rings. The van der Waals surface area contributed by atoms with E-state index in [4.69, 9.17) is 11.6 Å². The third-order valence-electron chi connectivity index (χ3n) is 11.0. The van der Waals surface area contributed by atoms with Crippen LogP contribution < -0.4 is 0 Å². The van der Waals surface area contributed by atoms with Crippen molar-refractivity contribution in [1.29, 1.82) is 0 Å². The Balaban J connectivity index is 1.28. The SMILES string of the molecule is C=C(Cc1c(-c2ccccc2C)c2ccccc2c2c1sc1ccc3ccccc3c12)C(=Nc1c(CC)sc2ccccc12)c1ccc2ccccc2c1. The van der Waals surface area contributed by atoms with Crippen LogP contribution in [0.1, 0.15) is 28.5 Å². The fourth-order valence-electron chi connectivity index (χ4n) is 8.40.